The van der Waals surface area contributed by atoms with E-state index in [-0.39, 0.29) is 17.6 Å². The summed E-state index contributed by atoms with van der Waals surface area (Å²) in [7, 11) is -3.45. The summed E-state index contributed by atoms with van der Waals surface area (Å²) < 4.78 is 28.8. The van der Waals surface area contributed by atoms with Crippen molar-refractivity contribution in [3.63, 3.8) is 0 Å². The first-order chi connectivity index (χ1) is 6.03. The van der Waals surface area contributed by atoms with Crippen molar-refractivity contribution >= 4 is 27.6 Å². The summed E-state index contributed by atoms with van der Waals surface area (Å²) >= 11 is 5.27. The van der Waals surface area contributed by atoms with Crippen molar-refractivity contribution in [2.45, 2.75) is 6.92 Å². The first-order valence-electron chi connectivity index (χ1n) is 3.40. The van der Waals surface area contributed by atoms with E-state index < -0.39 is 10.0 Å². The average molecular weight is 226 g/mol. The van der Waals surface area contributed by atoms with Gasteiger partial charge in [-0.15, -0.1) is 11.6 Å². The molecule has 0 aliphatic heterocycles. The van der Waals surface area contributed by atoms with Crippen LogP contribution in [0.5, 0.6) is 0 Å². The largest absolute Gasteiger partial charge is 0.335 e. The molecule has 8 heteroatoms. The van der Waals surface area contributed by atoms with Gasteiger partial charge in [0.05, 0.1) is 5.75 Å². The van der Waals surface area contributed by atoms with Crippen LogP contribution in [0.25, 0.3) is 0 Å². The molecular weight excluding hydrogens is 218 g/mol. The summed E-state index contributed by atoms with van der Waals surface area (Å²) in [6.07, 6.45) is 0. The second-order valence-electron chi connectivity index (χ2n) is 2.26. The van der Waals surface area contributed by atoms with Crippen LogP contribution in [0, 0.1) is 6.92 Å². The fraction of sp³-hybridized carbons (Fsp3) is 0.600. The summed E-state index contributed by atoms with van der Waals surface area (Å²) in [5.74, 6) is 0.196. The van der Waals surface area contributed by atoms with Crippen LogP contribution in [0.15, 0.2) is 4.52 Å². The van der Waals surface area contributed by atoms with Crippen molar-refractivity contribution in [3.8, 4) is 0 Å². The van der Waals surface area contributed by atoms with Gasteiger partial charge in [0.1, 0.15) is 0 Å². The molecule has 0 unspecified atom stereocenters. The maximum absolute atomic E-state index is 11.1. The van der Waals surface area contributed by atoms with Gasteiger partial charge in [-0.3, -0.25) is 0 Å². The molecular formula is C5H8ClN3O3S. The molecule has 1 heterocycles. The minimum absolute atomic E-state index is 0.0163. The highest BCUT2D eigenvalue weighted by Gasteiger charge is 2.13. The third-order valence-corrected chi connectivity index (χ3v) is 2.76. The smallest absolute Gasteiger partial charge is 0.314 e. The van der Waals surface area contributed by atoms with E-state index in [0.717, 1.165) is 0 Å². The Kier molecular flexibility index (Phi) is 3.10. The van der Waals surface area contributed by atoms with E-state index in [4.69, 9.17) is 11.6 Å². The molecule has 1 aromatic heterocycles. The van der Waals surface area contributed by atoms with Gasteiger partial charge in [-0.25, -0.2) is 13.1 Å². The molecule has 0 saturated heterocycles. The van der Waals surface area contributed by atoms with Crippen molar-refractivity contribution in [3.05, 3.63) is 5.82 Å². The normalized spacial score (nSPS) is 11.5. The topological polar surface area (TPSA) is 85.1 Å². The van der Waals surface area contributed by atoms with E-state index in [2.05, 4.69) is 19.4 Å². The van der Waals surface area contributed by atoms with Crippen LogP contribution in [-0.4, -0.2) is 30.2 Å². The zero-order chi connectivity index (χ0) is 9.90. The molecule has 0 fully saturated rings. The first kappa shape index (κ1) is 10.3. The van der Waals surface area contributed by atoms with E-state index in [1.54, 1.807) is 6.92 Å². The molecule has 0 radical (unpaired) electrons. The molecule has 0 aromatic carbocycles. The molecule has 0 atom stereocenters. The first-order valence-corrected chi connectivity index (χ1v) is 5.59. The lowest BCUT2D eigenvalue weighted by molar-refractivity contribution is 0.429. The summed E-state index contributed by atoms with van der Waals surface area (Å²) in [4.78, 5) is 3.67. The highest BCUT2D eigenvalue weighted by atomic mass is 35.5. The molecule has 1 rings (SSSR count). The van der Waals surface area contributed by atoms with Crippen molar-refractivity contribution in [2.75, 3.05) is 16.4 Å². The predicted octanol–water partition coefficient (Wildman–Crippen LogP) is 0.359. The molecule has 0 spiro atoms. The lowest BCUT2D eigenvalue weighted by Crippen LogP contribution is -2.17. The Balaban J connectivity index is 2.69. The molecule has 0 saturated carbocycles. The number of rotatable bonds is 4. The van der Waals surface area contributed by atoms with Gasteiger partial charge in [0.2, 0.25) is 10.0 Å². The minimum Gasteiger partial charge on any atom is -0.314 e. The number of alkyl halides is 1. The van der Waals surface area contributed by atoms with Gasteiger partial charge in [0.25, 0.3) is 0 Å². The lowest BCUT2D eigenvalue weighted by Gasteiger charge is -1.99. The third-order valence-electron chi connectivity index (χ3n) is 1.12. The number of sulfonamides is 1. The Labute approximate surface area is 80.3 Å². The van der Waals surface area contributed by atoms with Crippen LogP contribution >= 0.6 is 11.6 Å². The minimum atomic E-state index is -3.45. The molecule has 0 amide bonds. The number of hydrogen-bond acceptors (Lipinski definition) is 5. The van der Waals surface area contributed by atoms with Crippen molar-refractivity contribution in [2.24, 2.45) is 0 Å². The molecule has 13 heavy (non-hydrogen) atoms. The van der Waals surface area contributed by atoms with Crippen LogP contribution in [0.4, 0.5) is 6.01 Å². The Morgan fingerprint density at radius 1 is 1.62 bits per heavy atom. The Hall–Kier alpha value is -0.820. The lowest BCUT2D eigenvalue weighted by atomic mass is 10.8. The molecule has 0 aliphatic rings. The van der Waals surface area contributed by atoms with Gasteiger partial charge in [0, 0.05) is 5.88 Å². The fourth-order valence-electron chi connectivity index (χ4n) is 0.624. The molecule has 0 bridgehead atoms. The van der Waals surface area contributed by atoms with Crippen LogP contribution in [0.1, 0.15) is 5.82 Å². The van der Waals surface area contributed by atoms with Crippen LogP contribution in [0.2, 0.25) is 0 Å². The number of aryl methyl sites for hydroxylation is 1. The van der Waals surface area contributed by atoms with Gasteiger partial charge in [-0.1, -0.05) is 5.16 Å². The standard InChI is InChI=1S/C5H8ClN3O3S/c1-4-7-5(12-8-4)9-13(10,11)3-2-6/h2-3H2,1H3,(H,7,8,9). The second kappa shape index (κ2) is 3.93. The molecule has 6 nitrogen and oxygen atoms in total. The maximum atomic E-state index is 11.1. The highest BCUT2D eigenvalue weighted by molar-refractivity contribution is 7.92. The van der Waals surface area contributed by atoms with Gasteiger partial charge in [0.15, 0.2) is 5.82 Å². The number of nitrogens with one attached hydrogen (secondary N) is 1. The van der Waals surface area contributed by atoms with Crippen molar-refractivity contribution in [1.82, 2.24) is 10.1 Å². The Morgan fingerprint density at radius 3 is 2.77 bits per heavy atom. The number of halogens is 1. The molecule has 1 N–H and O–H groups in total. The van der Waals surface area contributed by atoms with E-state index in [1.165, 1.54) is 0 Å². The third kappa shape index (κ3) is 3.19. The molecule has 74 valence electrons. The van der Waals surface area contributed by atoms with E-state index >= 15 is 0 Å². The van der Waals surface area contributed by atoms with Crippen LogP contribution in [0.3, 0.4) is 0 Å². The number of hydrogen-bond donors (Lipinski definition) is 1. The quantitative estimate of drug-likeness (QED) is 0.748. The summed E-state index contributed by atoms with van der Waals surface area (Å²) in [6.45, 7) is 1.59. The molecule has 0 aliphatic carbocycles. The van der Waals surface area contributed by atoms with E-state index in [1.807, 2.05) is 0 Å². The summed E-state index contributed by atoms with van der Waals surface area (Å²) in [5, 5.41) is 3.41. The number of nitrogens with zero attached hydrogens (tertiary/aromatic N) is 2. The van der Waals surface area contributed by atoms with E-state index in [9.17, 15) is 8.42 Å². The number of anilines is 1. The van der Waals surface area contributed by atoms with Gasteiger partial charge < -0.3 is 4.52 Å². The second-order valence-corrected chi connectivity index (χ2v) is 4.48. The Bertz CT molecular complexity index is 374. The average Bonchev–Trinajstić information content (AvgIpc) is 2.34. The van der Waals surface area contributed by atoms with Crippen molar-refractivity contribution in [1.29, 1.82) is 0 Å². The van der Waals surface area contributed by atoms with Gasteiger partial charge in [-0.2, -0.15) is 4.98 Å². The Morgan fingerprint density at radius 2 is 2.31 bits per heavy atom. The number of aromatic nitrogens is 2. The highest BCUT2D eigenvalue weighted by Crippen LogP contribution is 2.05. The maximum Gasteiger partial charge on any atom is 0.335 e. The monoisotopic (exact) mass is 225 g/mol. The van der Waals surface area contributed by atoms with E-state index in [0.29, 0.717) is 5.82 Å². The van der Waals surface area contributed by atoms with Crippen LogP contribution < -0.4 is 4.72 Å². The predicted molar refractivity (Wildman–Crippen MR) is 47.2 cm³/mol. The fourth-order valence-corrected chi connectivity index (χ4v) is 1.89. The zero-order valence-corrected chi connectivity index (χ0v) is 8.39. The summed E-state index contributed by atoms with van der Waals surface area (Å²) in [5.41, 5.74) is 0. The zero-order valence-electron chi connectivity index (χ0n) is 6.82. The molecule has 1 aromatic rings. The van der Waals surface area contributed by atoms with Gasteiger partial charge >= 0.3 is 6.01 Å². The van der Waals surface area contributed by atoms with Crippen molar-refractivity contribution < 1.29 is 12.9 Å². The van der Waals surface area contributed by atoms with Gasteiger partial charge in [-0.05, 0) is 6.92 Å². The summed E-state index contributed by atoms with van der Waals surface area (Å²) in [6, 6.07) is -0.136. The SMILES string of the molecule is Cc1noc(NS(=O)(=O)CCCl)n1. The van der Waals surface area contributed by atoms with Crippen LogP contribution in [-0.2, 0) is 10.0 Å².